The lowest BCUT2D eigenvalue weighted by Crippen LogP contribution is -3.17. The number of para-hydroxylation sites is 1. The van der Waals surface area contributed by atoms with Gasteiger partial charge in [-0.15, -0.1) is 11.3 Å². The predicted octanol–water partition coefficient (Wildman–Crippen LogP) is 2.46. The summed E-state index contributed by atoms with van der Waals surface area (Å²) in [5.41, 5.74) is 1.09. The van der Waals surface area contributed by atoms with Gasteiger partial charge in [0.25, 0.3) is 5.91 Å². The number of quaternary nitrogens is 1. The second-order valence-electron chi connectivity index (χ2n) is 7.68. The lowest BCUT2D eigenvalue weighted by molar-refractivity contribution is -0.921. The zero-order valence-corrected chi connectivity index (χ0v) is 15.9. The maximum atomic E-state index is 12.8. The number of thiazole rings is 1. The molecule has 25 heavy (non-hydrogen) atoms. The molecule has 1 N–H and O–H groups in total. The van der Waals surface area contributed by atoms with Gasteiger partial charge < -0.3 is 9.80 Å². The van der Waals surface area contributed by atoms with Gasteiger partial charge in [-0.2, -0.15) is 0 Å². The monoisotopic (exact) mass is 358 g/mol. The largest absolute Gasteiger partial charge is 0.337 e. The number of carbonyl (C=O) groups excluding carboxylic acids is 1. The molecule has 1 amide bonds. The Morgan fingerprint density at radius 3 is 3.00 bits per heavy atom. The van der Waals surface area contributed by atoms with Crippen LogP contribution in [0.1, 0.15) is 50.0 Å². The van der Waals surface area contributed by atoms with E-state index in [-0.39, 0.29) is 0 Å². The fourth-order valence-electron chi connectivity index (χ4n) is 4.29. The minimum absolute atomic E-state index is 0.342. The smallest absolute Gasteiger partial charge is 0.277 e. The molecule has 2 fully saturated rings. The molecule has 3 atom stereocenters. The minimum atomic E-state index is 0.342. The van der Waals surface area contributed by atoms with E-state index in [1.54, 1.807) is 11.3 Å². The molecule has 1 unspecified atom stereocenters. The summed E-state index contributed by atoms with van der Waals surface area (Å²) >= 11 is 1.80. The highest BCUT2D eigenvalue weighted by molar-refractivity contribution is 7.18. The molecular formula is C20H28N3OS+. The van der Waals surface area contributed by atoms with E-state index in [0.29, 0.717) is 24.4 Å². The highest BCUT2D eigenvalue weighted by atomic mass is 32.1. The molecule has 2 aliphatic rings. The van der Waals surface area contributed by atoms with Crippen LogP contribution in [0.2, 0.25) is 0 Å². The zero-order valence-electron chi connectivity index (χ0n) is 15.0. The molecule has 0 spiro atoms. The van der Waals surface area contributed by atoms with E-state index in [2.05, 4.69) is 30.0 Å². The number of piperidine rings is 2. The summed E-state index contributed by atoms with van der Waals surface area (Å²) in [5, 5.41) is 1.21. The first-order chi connectivity index (χ1) is 12.2. The van der Waals surface area contributed by atoms with Crippen LogP contribution in [0.5, 0.6) is 0 Å². The van der Waals surface area contributed by atoms with Gasteiger partial charge in [0.2, 0.25) is 0 Å². The number of fused-ring (bicyclic) bond motifs is 1. The summed E-state index contributed by atoms with van der Waals surface area (Å²) in [6, 6.07) is 8.97. The Kier molecular flexibility index (Phi) is 5.04. The van der Waals surface area contributed by atoms with Crippen LogP contribution >= 0.6 is 11.3 Å². The minimum Gasteiger partial charge on any atom is -0.337 e. The number of carbonyl (C=O) groups is 1. The second kappa shape index (κ2) is 7.42. The quantitative estimate of drug-likeness (QED) is 0.915. The first-order valence-corrected chi connectivity index (χ1v) is 10.5. The summed E-state index contributed by atoms with van der Waals surface area (Å²) in [7, 11) is 0. The van der Waals surface area contributed by atoms with Gasteiger partial charge in [-0.1, -0.05) is 12.1 Å². The Morgan fingerprint density at radius 2 is 2.16 bits per heavy atom. The fraction of sp³-hybridized carbons (Fsp3) is 0.600. The molecule has 0 radical (unpaired) electrons. The van der Waals surface area contributed by atoms with E-state index >= 15 is 0 Å². The van der Waals surface area contributed by atoms with E-state index in [1.807, 2.05) is 6.07 Å². The molecule has 5 heteroatoms. The number of hydrogen-bond donors (Lipinski definition) is 1. The molecule has 0 bridgehead atoms. The van der Waals surface area contributed by atoms with Crippen molar-refractivity contribution in [1.82, 2.24) is 9.88 Å². The van der Waals surface area contributed by atoms with Crippen molar-refractivity contribution in [1.29, 1.82) is 0 Å². The number of hydrogen-bond acceptors (Lipinski definition) is 3. The number of benzene rings is 1. The fourth-order valence-corrected chi connectivity index (χ4v) is 5.38. The SMILES string of the molecule is C[C@@H]1CCCC[NH+]1CC(=O)N1CCC[C@H](c2nc3ccccc3s2)C1. The van der Waals surface area contributed by atoms with Crippen LogP contribution in [-0.4, -0.2) is 48.0 Å². The lowest BCUT2D eigenvalue weighted by Gasteiger charge is -2.35. The summed E-state index contributed by atoms with van der Waals surface area (Å²) in [6.45, 7) is 5.89. The number of amides is 1. The van der Waals surface area contributed by atoms with Gasteiger partial charge in [0, 0.05) is 19.0 Å². The van der Waals surface area contributed by atoms with E-state index in [0.717, 1.165) is 38.0 Å². The second-order valence-corrected chi connectivity index (χ2v) is 8.74. The van der Waals surface area contributed by atoms with Crippen LogP contribution in [0.3, 0.4) is 0 Å². The molecule has 1 aromatic carbocycles. The molecule has 134 valence electrons. The maximum Gasteiger partial charge on any atom is 0.277 e. The molecular weight excluding hydrogens is 330 g/mol. The third-order valence-electron chi connectivity index (χ3n) is 5.89. The van der Waals surface area contributed by atoms with Crippen LogP contribution in [0.15, 0.2) is 24.3 Å². The van der Waals surface area contributed by atoms with Crippen molar-refractivity contribution in [3.05, 3.63) is 29.3 Å². The van der Waals surface area contributed by atoms with Gasteiger partial charge >= 0.3 is 0 Å². The van der Waals surface area contributed by atoms with Crippen LogP contribution in [0.4, 0.5) is 0 Å². The van der Waals surface area contributed by atoms with Crippen molar-refractivity contribution in [3.8, 4) is 0 Å². The number of aromatic nitrogens is 1. The van der Waals surface area contributed by atoms with E-state index in [1.165, 1.54) is 33.9 Å². The average molecular weight is 359 g/mol. The average Bonchev–Trinajstić information content (AvgIpc) is 3.08. The zero-order chi connectivity index (χ0) is 17.2. The van der Waals surface area contributed by atoms with Crippen molar-refractivity contribution < 1.29 is 9.69 Å². The summed E-state index contributed by atoms with van der Waals surface area (Å²) in [5.74, 6) is 0.749. The standard InChI is InChI=1S/C20H27N3OS/c1-15-7-4-5-11-22(15)14-19(24)23-12-6-8-16(13-23)20-21-17-9-2-3-10-18(17)25-20/h2-3,9-10,15-16H,4-8,11-14H2,1H3/p+1/t15-,16+/m1/s1. The molecule has 4 rings (SSSR count). The van der Waals surface area contributed by atoms with Gasteiger partial charge in [-0.05, 0) is 51.2 Å². The Labute approximate surface area is 153 Å². The number of nitrogens with one attached hydrogen (secondary N) is 1. The first kappa shape index (κ1) is 17.0. The molecule has 2 aromatic rings. The Morgan fingerprint density at radius 1 is 1.28 bits per heavy atom. The third kappa shape index (κ3) is 3.72. The number of nitrogens with zero attached hydrogens (tertiary/aromatic N) is 2. The number of likely N-dealkylation sites (tertiary alicyclic amines) is 2. The van der Waals surface area contributed by atoms with Crippen LogP contribution in [-0.2, 0) is 4.79 Å². The maximum absolute atomic E-state index is 12.8. The van der Waals surface area contributed by atoms with Gasteiger partial charge in [-0.3, -0.25) is 4.79 Å². The Balaban J connectivity index is 1.42. The highest BCUT2D eigenvalue weighted by Crippen LogP contribution is 2.32. The summed E-state index contributed by atoms with van der Waals surface area (Å²) in [4.78, 5) is 21.3. The van der Waals surface area contributed by atoms with Gasteiger partial charge in [0.05, 0.1) is 27.8 Å². The molecule has 0 aliphatic carbocycles. The summed E-state index contributed by atoms with van der Waals surface area (Å²) in [6.07, 6.45) is 6.09. The third-order valence-corrected chi connectivity index (χ3v) is 7.09. The van der Waals surface area contributed by atoms with Crippen molar-refractivity contribution >= 4 is 27.5 Å². The van der Waals surface area contributed by atoms with E-state index in [4.69, 9.17) is 4.98 Å². The highest BCUT2D eigenvalue weighted by Gasteiger charge is 2.31. The van der Waals surface area contributed by atoms with E-state index < -0.39 is 0 Å². The lowest BCUT2D eigenvalue weighted by atomic mass is 9.98. The van der Waals surface area contributed by atoms with Gasteiger partial charge in [-0.25, -0.2) is 4.98 Å². The van der Waals surface area contributed by atoms with Crippen molar-refractivity contribution in [3.63, 3.8) is 0 Å². The Hall–Kier alpha value is -1.46. The van der Waals surface area contributed by atoms with Crippen LogP contribution < -0.4 is 4.90 Å². The van der Waals surface area contributed by atoms with Crippen molar-refractivity contribution in [2.45, 2.75) is 51.0 Å². The molecule has 4 nitrogen and oxygen atoms in total. The Bertz CT molecular complexity index is 710. The van der Waals surface area contributed by atoms with Crippen molar-refractivity contribution in [2.75, 3.05) is 26.2 Å². The van der Waals surface area contributed by atoms with Crippen LogP contribution in [0, 0.1) is 0 Å². The molecule has 3 heterocycles. The van der Waals surface area contributed by atoms with Crippen molar-refractivity contribution in [2.24, 2.45) is 0 Å². The molecule has 0 saturated carbocycles. The normalized spacial score (nSPS) is 27.6. The van der Waals surface area contributed by atoms with Gasteiger partial charge in [0.1, 0.15) is 0 Å². The van der Waals surface area contributed by atoms with E-state index in [9.17, 15) is 4.79 Å². The topological polar surface area (TPSA) is 37.6 Å². The molecule has 2 saturated heterocycles. The summed E-state index contributed by atoms with van der Waals surface area (Å²) < 4.78 is 1.26. The first-order valence-electron chi connectivity index (χ1n) is 9.68. The predicted molar refractivity (Wildman–Crippen MR) is 102 cm³/mol. The van der Waals surface area contributed by atoms with Crippen LogP contribution in [0.25, 0.3) is 10.2 Å². The molecule has 1 aromatic heterocycles. The van der Waals surface area contributed by atoms with Gasteiger partial charge in [0.15, 0.2) is 6.54 Å². The molecule has 2 aliphatic heterocycles. The number of rotatable bonds is 3.